The van der Waals surface area contributed by atoms with Crippen molar-refractivity contribution in [3.63, 3.8) is 0 Å². The van der Waals surface area contributed by atoms with Gasteiger partial charge in [0, 0.05) is 6.61 Å². The van der Waals surface area contributed by atoms with Crippen molar-refractivity contribution >= 4 is 10.4 Å². The van der Waals surface area contributed by atoms with E-state index in [1.54, 1.807) is 13.8 Å². The molecule has 0 bridgehead atoms. The summed E-state index contributed by atoms with van der Waals surface area (Å²) in [6.45, 7) is 3.73. The first-order valence-corrected chi connectivity index (χ1v) is 4.63. The highest BCUT2D eigenvalue weighted by Crippen LogP contribution is 2.03. The molecule has 5 nitrogen and oxygen atoms in total. The van der Waals surface area contributed by atoms with Crippen LogP contribution in [0.2, 0.25) is 0 Å². The molecule has 0 saturated heterocycles. The molecule has 0 aliphatic carbocycles. The van der Waals surface area contributed by atoms with E-state index in [1.807, 2.05) is 0 Å². The molecule has 0 rings (SSSR count). The second-order valence-corrected chi connectivity index (χ2v) is 2.87. The molecule has 6 heteroatoms. The molecular formula is C5H12O5S. The molecule has 0 aromatic heterocycles. The molecule has 0 amide bonds. The molecule has 68 valence electrons. The standard InChI is InChI=1S/C5H12O5S/c1-3-5(9-4-2)10-11(6,7)8/h5H,3-4H2,1-2H3,(H,6,7,8). The highest BCUT2D eigenvalue weighted by Gasteiger charge is 2.14. The molecule has 0 aliphatic rings. The molecule has 1 atom stereocenters. The van der Waals surface area contributed by atoms with Crippen molar-refractivity contribution in [3.8, 4) is 0 Å². The molecule has 0 fully saturated rings. The summed E-state index contributed by atoms with van der Waals surface area (Å²) >= 11 is 0. The van der Waals surface area contributed by atoms with Crippen molar-refractivity contribution in [3.05, 3.63) is 0 Å². The van der Waals surface area contributed by atoms with Crippen molar-refractivity contribution in [2.45, 2.75) is 26.6 Å². The average Bonchev–Trinajstić information content (AvgIpc) is 1.84. The molecular weight excluding hydrogens is 172 g/mol. The topological polar surface area (TPSA) is 72.8 Å². The van der Waals surface area contributed by atoms with Gasteiger partial charge >= 0.3 is 10.4 Å². The maximum atomic E-state index is 10.1. The zero-order valence-electron chi connectivity index (χ0n) is 6.48. The van der Waals surface area contributed by atoms with Crippen LogP contribution in [0.1, 0.15) is 20.3 Å². The quantitative estimate of drug-likeness (QED) is 0.499. The van der Waals surface area contributed by atoms with Gasteiger partial charge < -0.3 is 4.74 Å². The third kappa shape index (κ3) is 6.24. The lowest BCUT2D eigenvalue weighted by atomic mass is 10.5. The van der Waals surface area contributed by atoms with Crippen LogP contribution in [-0.2, 0) is 19.3 Å². The summed E-state index contributed by atoms with van der Waals surface area (Å²) < 4.78 is 37.4. The Hall–Kier alpha value is -0.170. The van der Waals surface area contributed by atoms with Gasteiger partial charge in [0.1, 0.15) is 0 Å². The first-order valence-electron chi connectivity index (χ1n) is 3.27. The Balaban J connectivity index is 3.88. The van der Waals surface area contributed by atoms with Crippen LogP contribution in [-0.4, -0.2) is 25.9 Å². The van der Waals surface area contributed by atoms with Crippen molar-refractivity contribution in [1.29, 1.82) is 0 Å². The number of ether oxygens (including phenoxy) is 1. The largest absolute Gasteiger partial charge is 0.399 e. The zero-order valence-corrected chi connectivity index (χ0v) is 7.30. The lowest BCUT2D eigenvalue weighted by Crippen LogP contribution is -2.20. The molecule has 0 spiro atoms. The third-order valence-electron chi connectivity index (χ3n) is 0.915. The van der Waals surface area contributed by atoms with Crippen molar-refractivity contribution < 1.29 is 21.9 Å². The van der Waals surface area contributed by atoms with E-state index in [2.05, 4.69) is 4.18 Å². The lowest BCUT2D eigenvalue weighted by Gasteiger charge is -2.11. The van der Waals surface area contributed by atoms with Gasteiger partial charge in [-0.2, -0.15) is 8.42 Å². The van der Waals surface area contributed by atoms with Crippen LogP contribution in [0.3, 0.4) is 0 Å². The summed E-state index contributed by atoms with van der Waals surface area (Å²) in [5.41, 5.74) is 0. The molecule has 0 aromatic carbocycles. The number of rotatable bonds is 5. The first-order chi connectivity index (χ1) is 4.99. The minimum Gasteiger partial charge on any atom is -0.352 e. The fourth-order valence-electron chi connectivity index (χ4n) is 0.535. The fourth-order valence-corrected chi connectivity index (χ4v) is 0.998. The van der Waals surface area contributed by atoms with Crippen molar-refractivity contribution in [1.82, 2.24) is 0 Å². The summed E-state index contributed by atoms with van der Waals surface area (Å²) in [5, 5.41) is 0. The summed E-state index contributed by atoms with van der Waals surface area (Å²) in [6.07, 6.45) is -0.511. The minimum absolute atomic E-state index is 0.341. The molecule has 1 unspecified atom stereocenters. The molecule has 11 heavy (non-hydrogen) atoms. The Labute approximate surface area is 66.3 Å². The van der Waals surface area contributed by atoms with Gasteiger partial charge in [-0.15, -0.1) is 0 Å². The highest BCUT2D eigenvalue weighted by atomic mass is 32.3. The van der Waals surface area contributed by atoms with Gasteiger partial charge in [0.25, 0.3) is 0 Å². The average molecular weight is 184 g/mol. The Morgan fingerprint density at radius 2 is 2.00 bits per heavy atom. The molecule has 0 heterocycles. The molecule has 0 aromatic rings. The second-order valence-electron chi connectivity index (χ2n) is 1.82. The SMILES string of the molecule is CCOC(CC)OS(=O)(=O)O. The Kier molecular flexibility index (Phi) is 4.58. The highest BCUT2D eigenvalue weighted by molar-refractivity contribution is 7.80. The van der Waals surface area contributed by atoms with Crippen LogP contribution in [0.15, 0.2) is 0 Å². The smallest absolute Gasteiger partial charge is 0.352 e. The second kappa shape index (κ2) is 4.66. The van der Waals surface area contributed by atoms with Gasteiger partial charge in [-0.3, -0.25) is 4.55 Å². The summed E-state index contributed by atoms with van der Waals surface area (Å²) in [5.74, 6) is 0. The summed E-state index contributed by atoms with van der Waals surface area (Å²) in [6, 6.07) is 0. The molecule has 0 radical (unpaired) electrons. The molecule has 0 saturated carbocycles. The van der Waals surface area contributed by atoms with Crippen LogP contribution in [0, 0.1) is 0 Å². The van der Waals surface area contributed by atoms with Gasteiger partial charge in [-0.05, 0) is 13.3 Å². The van der Waals surface area contributed by atoms with Crippen molar-refractivity contribution in [2.24, 2.45) is 0 Å². The maximum absolute atomic E-state index is 10.1. The van der Waals surface area contributed by atoms with E-state index in [-0.39, 0.29) is 0 Å². The molecule has 1 N–H and O–H groups in total. The van der Waals surface area contributed by atoms with E-state index < -0.39 is 16.7 Å². The Morgan fingerprint density at radius 3 is 2.27 bits per heavy atom. The number of hydrogen-bond acceptors (Lipinski definition) is 4. The third-order valence-corrected chi connectivity index (χ3v) is 1.37. The molecule has 0 aliphatic heterocycles. The van der Waals surface area contributed by atoms with Gasteiger partial charge in [-0.25, -0.2) is 4.18 Å². The fraction of sp³-hybridized carbons (Fsp3) is 1.00. The van der Waals surface area contributed by atoms with E-state index in [0.29, 0.717) is 13.0 Å². The van der Waals surface area contributed by atoms with E-state index in [9.17, 15) is 8.42 Å². The first kappa shape index (κ1) is 10.8. The Bertz CT molecular complexity index is 185. The zero-order chi connectivity index (χ0) is 8.91. The predicted octanol–water partition coefficient (Wildman–Crippen LogP) is 0.578. The Morgan fingerprint density at radius 1 is 1.45 bits per heavy atom. The van der Waals surface area contributed by atoms with Crippen LogP contribution in [0.25, 0.3) is 0 Å². The van der Waals surface area contributed by atoms with Gasteiger partial charge in [-0.1, -0.05) is 6.92 Å². The van der Waals surface area contributed by atoms with E-state index in [0.717, 1.165) is 0 Å². The van der Waals surface area contributed by atoms with E-state index in [4.69, 9.17) is 9.29 Å². The van der Waals surface area contributed by atoms with E-state index in [1.165, 1.54) is 0 Å². The van der Waals surface area contributed by atoms with E-state index >= 15 is 0 Å². The lowest BCUT2D eigenvalue weighted by molar-refractivity contribution is -0.0778. The maximum Gasteiger partial charge on any atom is 0.399 e. The summed E-state index contributed by atoms with van der Waals surface area (Å²) in [7, 11) is -4.38. The minimum atomic E-state index is -4.38. The normalized spacial score (nSPS) is 14.8. The van der Waals surface area contributed by atoms with Crippen LogP contribution in [0.5, 0.6) is 0 Å². The monoisotopic (exact) mass is 184 g/mol. The van der Waals surface area contributed by atoms with Gasteiger partial charge in [0.2, 0.25) is 0 Å². The van der Waals surface area contributed by atoms with Gasteiger partial charge in [0.05, 0.1) is 0 Å². The van der Waals surface area contributed by atoms with Crippen molar-refractivity contribution in [2.75, 3.05) is 6.61 Å². The summed E-state index contributed by atoms with van der Waals surface area (Å²) in [4.78, 5) is 0. The van der Waals surface area contributed by atoms with Crippen LogP contribution < -0.4 is 0 Å². The van der Waals surface area contributed by atoms with Crippen LogP contribution in [0.4, 0.5) is 0 Å². The predicted molar refractivity (Wildman–Crippen MR) is 38.3 cm³/mol. The van der Waals surface area contributed by atoms with Crippen LogP contribution >= 0.6 is 0 Å². The number of hydrogen-bond donors (Lipinski definition) is 1. The van der Waals surface area contributed by atoms with Gasteiger partial charge in [0.15, 0.2) is 6.29 Å².